The third kappa shape index (κ3) is 3.61. The molecule has 0 spiro atoms. The van der Waals surface area contributed by atoms with Crippen LogP contribution < -0.4 is 10.2 Å². The standard InChI is InChI=1S/C17H20N4O/c22-17(20-13-15-3-1-2-8-19-15)14-6-11-21(12-7-14)16-4-9-18-10-5-16/h1-5,8-10,14H,6-7,11-13H2,(H,20,22). The van der Waals surface area contributed by atoms with Gasteiger partial charge < -0.3 is 10.2 Å². The van der Waals surface area contributed by atoms with E-state index in [9.17, 15) is 4.79 Å². The van der Waals surface area contributed by atoms with Crippen molar-refractivity contribution >= 4 is 11.6 Å². The van der Waals surface area contributed by atoms with Crippen LogP contribution in [0.5, 0.6) is 0 Å². The summed E-state index contributed by atoms with van der Waals surface area (Å²) >= 11 is 0. The first-order valence-electron chi connectivity index (χ1n) is 7.65. The molecule has 0 aliphatic carbocycles. The molecular formula is C17H20N4O. The molecule has 1 fully saturated rings. The number of amides is 1. The number of nitrogens with zero attached hydrogens (tertiary/aromatic N) is 3. The van der Waals surface area contributed by atoms with Crippen molar-refractivity contribution in [3.8, 4) is 0 Å². The highest BCUT2D eigenvalue weighted by molar-refractivity contribution is 5.78. The fourth-order valence-corrected chi connectivity index (χ4v) is 2.78. The second-order valence-corrected chi connectivity index (χ2v) is 5.51. The van der Waals surface area contributed by atoms with Crippen molar-refractivity contribution in [2.45, 2.75) is 19.4 Å². The van der Waals surface area contributed by atoms with Gasteiger partial charge in [-0.1, -0.05) is 6.07 Å². The quantitative estimate of drug-likeness (QED) is 0.937. The van der Waals surface area contributed by atoms with Gasteiger partial charge in [-0.3, -0.25) is 14.8 Å². The number of hydrogen-bond donors (Lipinski definition) is 1. The molecule has 3 heterocycles. The number of carbonyl (C=O) groups is 1. The minimum Gasteiger partial charge on any atom is -0.371 e. The van der Waals surface area contributed by atoms with E-state index in [1.807, 2.05) is 30.3 Å². The second kappa shape index (κ2) is 7.02. The number of carbonyl (C=O) groups excluding carboxylic acids is 1. The highest BCUT2D eigenvalue weighted by Crippen LogP contribution is 2.22. The molecule has 0 saturated carbocycles. The molecule has 5 heteroatoms. The van der Waals surface area contributed by atoms with Gasteiger partial charge in [0.25, 0.3) is 0 Å². The molecule has 1 N–H and O–H groups in total. The first-order valence-corrected chi connectivity index (χ1v) is 7.65. The first-order chi connectivity index (χ1) is 10.8. The van der Waals surface area contributed by atoms with Crippen LogP contribution >= 0.6 is 0 Å². The second-order valence-electron chi connectivity index (χ2n) is 5.51. The predicted octanol–water partition coefficient (Wildman–Crippen LogP) is 2.01. The lowest BCUT2D eigenvalue weighted by Crippen LogP contribution is -2.40. The van der Waals surface area contributed by atoms with Gasteiger partial charge in [-0.15, -0.1) is 0 Å². The number of nitrogens with one attached hydrogen (secondary N) is 1. The highest BCUT2D eigenvalue weighted by Gasteiger charge is 2.24. The molecule has 2 aromatic rings. The van der Waals surface area contributed by atoms with Gasteiger partial charge in [-0.05, 0) is 37.1 Å². The molecule has 1 amide bonds. The van der Waals surface area contributed by atoms with Crippen molar-refractivity contribution in [2.75, 3.05) is 18.0 Å². The maximum absolute atomic E-state index is 12.2. The zero-order valence-corrected chi connectivity index (χ0v) is 12.5. The maximum Gasteiger partial charge on any atom is 0.223 e. The van der Waals surface area contributed by atoms with Crippen LogP contribution in [0.3, 0.4) is 0 Å². The van der Waals surface area contributed by atoms with Crippen LogP contribution in [0.4, 0.5) is 5.69 Å². The van der Waals surface area contributed by atoms with Crippen molar-refractivity contribution in [1.29, 1.82) is 0 Å². The van der Waals surface area contributed by atoms with Gasteiger partial charge in [0.2, 0.25) is 5.91 Å². The molecule has 0 radical (unpaired) electrons. The van der Waals surface area contributed by atoms with Crippen LogP contribution in [0, 0.1) is 5.92 Å². The Hall–Kier alpha value is -2.43. The molecule has 5 nitrogen and oxygen atoms in total. The van der Waals surface area contributed by atoms with Gasteiger partial charge in [0, 0.05) is 43.3 Å². The summed E-state index contributed by atoms with van der Waals surface area (Å²) in [5, 5.41) is 2.99. The Morgan fingerprint density at radius 3 is 2.59 bits per heavy atom. The summed E-state index contributed by atoms with van der Waals surface area (Å²) in [5.74, 6) is 0.238. The van der Waals surface area contributed by atoms with Crippen molar-refractivity contribution < 1.29 is 4.79 Å². The van der Waals surface area contributed by atoms with Crippen molar-refractivity contribution in [3.05, 3.63) is 54.6 Å². The molecule has 2 aromatic heterocycles. The normalized spacial score (nSPS) is 15.5. The highest BCUT2D eigenvalue weighted by atomic mass is 16.1. The van der Waals surface area contributed by atoms with Crippen LogP contribution in [0.1, 0.15) is 18.5 Å². The number of rotatable bonds is 4. The van der Waals surface area contributed by atoms with Gasteiger partial charge in [-0.25, -0.2) is 0 Å². The Balaban J connectivity index is 1.48. The Kier molecular flexibility index (Phi) is 4.63. The zero-order valence-electron chi connectivity index (χ0n) is 12.5. The summed E-state index contributed by atoms with van der Waals surface area (Å²) in [6.45, 7) is 2.32. The summed E-state index contributed by atoms with van der Waals surface area (Å²) in [6, 6.07) is 9.76. The first kappa shape index (κ1) is 14.5. The van der Waals surface area contributed by atoms with Crippen LogP contribution in [0.25, 0.3) is 0 Å². The monoisotopic (exact) mass is 296 g/mol. The van der Waals surface area contributed by atoms with Gasteiger partial charge in [0.1, 0.15) is 0 Å². The lowest BCUT2D eigenvalue weighted by Gasteiger charge is -2.32. The van der Waals surface area contributed by atoms with Crippen LogP contribution in [0.15, 0.2) is 48.9 Å². The summed E-state index contributed by atoms with van der Waals surface area (Å²) in [5.41, 5.74) is 2.08. The number of piperidine rings is 1. The number of aromatic nitrogens is 2. The average Bonchev–Trinajstić information content (AvgIpc) is 2.61. The Morgan fingerprint density at radius 2 is 1.91 bits per heavy atom. The molecule has 0 unspecified atom stereocenters. The predicted molar refractivity (Wildman–Crippen MR) is 85.3 cm³/mol. The Morgan fingerprint density at radius 1 is 1.14 bits per heavy atom. The van der Waals surface area contributed by atoms with Gasteiger partial charge in [0.05, 0.1) is 12.2 Å². The largest absolute Gasteiger partial charge is 0.371 e. The lowest BCUT2D eigenvalue weighted by molar-refractivity contribution is -0.125. The molecule has 1 aliphatic heterocycles. The number of anilines is 1. The molecule has 22 heavy (non-hydrogen) atoms. The summed E-state index contributed by atoms with van der Waals surface area (Å²) in [4.78, 5) is 22.8. The minimum atomic E-state index is 0.0989. The molecule has 1 aliphatic rings. The fraction of sp³-hybridized carbons (Fsp3) is 0.353. The van der Waals surface area contributed by atoms with Gasteiger partial charge in [0.15, 0.2) is 0 Å². The van der Waals surface area contributed by atoms with Gasteiger partial charge in [-0.2, -0.15) is 0 Å². The van der Waals surface area contributed by atoms with Crippen LogP contribution in [-0.2, 0) is 11.3 Å². The van der Waals surface area contributed by atoms with Crippen molar-refractivity contribution in [2.24, 2.45) is 5.92 Å². The van der Waals surface area contributed by atoms with E-state index in [4.69, 9.17) is 0 Å². The zero-order chi connectivity index (χ0) is 15.2. The fourth-order valence-electron chi connectivity index (χ4n) is 2.78. The summed E-state index contributed by atoms with van der Waals surface area (Å²) < 4.78 is 0. The SMILES string of the molecule is O=C(NCc1ccccn1)C1CCN(c2ccncc2)CC1. The maximum atomic E-state index is 12.2. The molecule has 3 rings (SSSR count). The van der Waals surface area contributed by atoms with Gasteiger partial charge >= 0.3 is 0 Å². The molecule has 0 atom stereocenters. The third-order valence-electron chi connectivity index (χ3n) is 4.06. The van der Waals surface area contributed by atoms with E-state index in [1.165, 1.54) is 5.69 Å². The van der Waals surface area contributed by atoms with Crippen molar-refractivity contribution in [1.82, 2.24) is 15.3 Å². The van der Waals surface area contributed by atoms with E-state index in [0.29, 0.717) is 6.54 Å². The summed E-state index contributed by atoms with van der Waals surface area (Å²) in [7, 11) is 0. The molecule has 1 saturated heterocycles. The lowest BCUT2D eigenvalue weighted by atomic mass is 9.95. The third-order valence-corrected chi connectivity index (χ3v) is 4.06. The molecular weight excluding hydrogens is 276 g/mol. The Bertz CT molecular complexity index is 595. The van der Waals surface area contributed by atoms with E-state index in [0.717, 1.165) is 31.6 Å². The minimum absolute atomic E-state index is 0.0989. The Labute approximate surface area is 130 Å². The van der Waals surface area contributed by atoms with E-state index in [-0.39, 0.29) is 11.8 Å². The molecule has 114 valence electrons. The topological polar surface area (TPSA) is 58.1 Å². The summed E-state index contributed by atoms with van der Waals surface area (Å²) in [6.07, 6.45) is 7.13. The van der Waals surface area contributed by atoms with E-state index < -0.39 is 0 Å². The van der Waals surface area contributed by atoms with E-state index in [1.54, 1.807) is 18.6 Å². The average molecular weight is 296 g/mol. The smallest absolute Gasteiger partial charge is 0.223 e. The van der Waals surface area contributed by atoms with Crippen molar-refractivity contribution in [3.63, 3.8) is 0 Å². The molecule has 0 bridgehead atoms. The number of pyridine rings is 2. The van der Waals surface area contributed by atoms with E-state index >= 15 is 0 Å². The van der Waals surface area contributed by atoms with E-state index in [2.05, 4.69) is 20.2 Å². The molecule has 0 aromatic carbocycles. The number of hydrogen-bond acceptors (Lipinski definition) is 4. The van der Waals surface area contributed by atoms with Crippen LogP contribution in [0.2, 0.25) is 0 Å². The van der Waals surface area contributed by atoms with Crippen LogP contribution in [-0.4, -0.2) is 29.0 Å².